The number of aliphatic carboxylic acids is 2. The number of carbonyl (C=O) groups excluding carboxylic acids is 3. The molecule has 0 bridgehead atoms. The molecule has 6 atom stereocenters. The summed E-state index contributed by atoms with van der Waals surface area (Å²) in [5.41, 5.74) is 5.75. The smallest absolute Gasteiger partial charge is 0.328 e. The van der Waals surface area contributed by atoms with Crippen LogP contribution in [0.15, 0.2) is 0 Å². The number of carboxylic acid groups (broad SMARTS) is 2. The van der Waals surface area contributed by atoms with E-state index in [1.807, 2.05) is 6.92 Å². The first-order valence-electron chi connectivity index (χ1n) is 10.7. The number of hydrogen-bond acceptors (Lipinski definition) is 7. The normalized spacial score (nSPS) is 20.5. The van der Waals surface area contributed by atoms with Gasteiger partial charge in [-0.2, -0.15) is 0 Å². The van der Waals surface area contributed by atoms with E-state index in [4.69, 9.17) is 10.8 Å². The Balaban J connectivity index is 2.96. The minimum absolute atomic E-state index is 0.0900. The second kappa shape index (κ2) is 12.3. The van der Waals surface area contributed by atoms with Crippen molar-refractivity contribution in [2.75, 3.05) is 6.54 Å². The molecule has 1 fully saturated rings. The van der Waals surface area contributed by atoms with Crippen molar-refractivity contribution in [2.45, 2.75) is 83.1 Å². The molecule has 1 saturated heterocycles. The number of aliphatic hydroxyl groups excluding tert-OH is 1. The Bertz CT molecular complexity index is 714. The summed E-state index contributed by atoms with van der Waals surface area (Å²) in [5.74, 6) is -4.65. The Morgan fingerprint density at radius 2 is 1.72 bits per heavy atom. The zero-order valence-electron chi connectivity index (χ0n) is 18.6. The number of nitrogens with two attached hydrogens (primary N) is 1. The van der Waals surface area contributed by atoms with Gasteiger partial charge >= 0.3 is 11.9 Å². The Morgan fingerprint density at radius 1 is 1.09 bits per heavy atom. The number of likely N-dealkylation sites (tertiary alicyclic amines) is 1. The van der Waals surface area contributed by atoms with Crippen LogP contribution in [0, 0.1) is 5.92 Å². The van der Waals surface area contributed by atoms with E-state index in [0.717, 1.165) is 0 Å². The van der Waals surface area contributed by atoms with Crippen molar-refractivity contribution in [3.63, 3.8) is 0 Å². The molecule has 32 heavy (non-hydrogen) atoms. The molecule has 7 N–H and O–H groups in total. The Morgan fingerprint density at radius 3 is 2.22 bits per heavy atom. The predicted molar refractivity (Wildman–Crippen MR) is 112 cm³/mol. The maximum absolute atomic E-state index is 13.3. The Hall–Kier alpha value is -2.73. The number of carboxylic acids is 2. The van der Waals surface area contributed by atoms with Gasteiger partial charge in [0.15, 0.2) is 6.04 Å². The molecule has 182 valence electrons. The van der Waals surface area contributed by atoms with Gasteiger partial charge in [0.25, 0.3) is 0 Å². The fourth-order valence-corrected chi connectivity index (χ4v) is 3.47. The van der Waals surface area contributed by atoms with Crippen LogP contribution < -0.4 is 16.4 Å². The zero-order chi connectivity index (χ0) is 24.6. The van der Waals surface area contributed by atoms with E-state index in [2.05, 4.69) is 10.6 Å². The molecule has 0 spiro atoms. The first kappa shape index (κ1) is 27.3. The summed E-state index contributed by atoms with van der Waals surface area (Å²) in [6, 6.07) is -4.54. The second-order valence-corrected chi connectivity index (χ2v) is 8.17. The molecule has 0 aliphatic carbocycles. The standard InChI is InChI=1S/C20H34N4O8/c1-4-10(2)15(22-17(28)12(21)7-8-14(26)27)19(30)24-9-5-6-13(24)18(29)23-16(11(3)25)20(31)32/h10-13,15-16,25H,4-9,21H2,1-3H3,(H,22,28)(H,23,29)(H,26,27)(H,31,32). The number of nitrogens with one attached hydrogen (secondary N) is 2. The van der Waals surface area contributed by atoms with Crippen LogP contribution in [-0.2, 0) is 24.0 Å². The lowest BCUT2D eigenvalue weighted by Crippen LogP contribution is -2.59. The third-order valence-corrected chi connectivity index (χ3v) is 5.67. The van der Waals surface area contributed by atoms with Crippen molar-refractivity contribution in [2.24, 2.45) is 11.7 Å². The minimum atomic E-state index is -1.52. The average molecular weight is 459 g/mol. The topological polar surface area (TPSA) is 199 Å². The summed E-state index contributed by atoms with van der Waals surface area (Å²) < 4.78 is 0. The Kier molecular flexibility index (Phi) is 10.5. The molecule has 12 nitrogen and oxygen atoms in total. The van der Waals surface area contributed by atoms with Crippen molar-refractivity contribution in [1.29, 1.82) is 0 Å². The van der Waals surface area contributed by atoms with Crippen molar-refractivity contribution in [3.05, 3.63) is 0 Å². The average Bonchev–Trinajstić information content (AvgIpc) is 3.22. The van der Waals surface area contributed by atoms with Crippen LogP contribution in [-0.4, -0.2) is 86.7 Å². The van der Waals surface area contributed by atoms with Gasteiger partial charge in [0, 0.05) is 13.0 Å². The number of carbonyl (C=O) groups is 5. The minimum Gasteiger partial charge on any atom is -0.481 e. The van der Waals surface area contributed by atoms with Crippen LogP contribution in [0.4, 0.5) is 0 Å². The SMILES string of the molecule is CCC(C)C(NC(=O)C(N)CCC(=O)O)C(=O)N1CCCC1C(=O)NC(C(=O)O)C(C)O. The summed E-state index contributed by atoms with van der Waals surface area (Å²) in [4.78, 5) is 61.7. The monoisotopic (exact) mass is 458 g/mol. The van der Waals surface area contributed by atoms with Gasteiger partial charge in [0.05, 0.1) is 12.1 Å². The predicted octanol–water partition coefficient (Wildman–Crippen LogP) is -1.35. The molecule has 0 aromatic carbocycles. The first-order chi connectivity index (χ1) is 14.9. The van der Waals surface area contributed by atoms with Gasteiger partial charge in [-0.25, -0.2) is 4.79 Å². The van der Waals surface area contributed by atoms with Crippen LogP contribution in [0.5, 0.6) is 0 Å². The lowest BCUT2D eigenvalue weighted by molar-refractivity contribution is -0.147. The summed E-state index contributed by atoms with van der Waals surface area (Å²) in [5, 5.41) is 32.4. The summed E-state index contributed by atoms with van der Waals surface area (Å²) in [6.07, 6.45) is -0.360. The van der Waals surface area contributed by atoms with Gasteiger partial charge in [-0.3, -0.25) is 19.2 Å². The Labute approximate surface area is 186 Å². The highest BCUT2D eigenvalue weighted by atomic mass is 16.4. The highest BCUT2D eigenvalue weighted by Crippen LogP contribution is 2.22. The van der Waals surface area contributed by atoms with Crippen LogP contribution >= 0.6 is 0 Å². The summed E-state index contributed by atoms with van der Waals surface area (Å²) in [7, 11) is 0. The van der Waals surface area contributed by atoms with Crippen molar-refractivity contribution < 1.29 is 39.3 Å². The van der Waals surface area contributed by atoms with E-state index in [0.29, 0.717) is 19.3 Å². The fraction of sp³-hybridized carbons (Fsp3) is 0.750. The molecular formula is C20H34N4O8. The summed E-state index contributed by atoms with van der Waals surface area (Å²) in [6.45, 7) is 5.07. The lowest BCUT2D eigenvalue weighted by atomic mass is 9.96. The van der Waals surface area contributed by atoms with Gasteiger partial charge in [-0.1, -0.05) is 20.3 Å². The highest BCUT2D eigenvalue weighted by molar-refractivity contribution is 5.94. The number of hydrogen-bond donors (Lipinski definition) is 6. The van der Waals surface area contributed by atoms with Gasteiger partial charge in [0.2, 0.25) is 17.7 Å². The van der Waals surface area contributed by atoms with Crippen molar-refractivity contribution in [1.82, 2.24) is 15.5 Å². The van der Waals surface area contributed by atoms with Gasteiger partial charge in [0.1, 0.15) is 12.1 Å². The number of amides is 3. The number of rotatable bonds is 12. The molecule has 1 aliphatic rings. The quantitative estimate of drug-likeness (QED) is 0.204. The van der Waals surface area contributed by atoms with Gasteiger partial charge < -0.3 is 36.6 Å². The van der Waals surface area contributed by atoms with Gasteiger partial charge in [-0.05, 0) is 32.1 Å². The third-order valence-electron chi connectivity index (χ3n) is 5.67. The van der Waals surface area contributed by atoms with Crippen molar-refractivity contribution in [3.8, 4) is 0 Å². The third kappa shape index (κ3) is 7.45. The largest absolute Gasteiger partial charge is 0.481 e. The molecule has 0 saturated carbocycles. The molecule has 12 heteroatoms. The molecule has 6 unspecified atom stereocenters. The van der Waals surface area contributed by atoms with Crippen LogP contribution in [0.2, 0.25) is 0 Å². The molecule has 1 heterocycles. The number of nitrogens with zero attached hydrogens (tertiary/aromatic N) is 1. The molecule has 0 radical (unpaired) electrons. The van der Waals surface area contributed by atoms with E-state index in [9.17, 15) is 34.2 Å². The maximum atomic E-state index is 13.3. The fourth-order valence-electron chi connectivity index (χ4n) is 3.47. The molecule has 0 aromatic heterocycles. The number of aliphatic hydroxyl groups is 1. The van der Waals surface area contributed by atoms with E-state index in [1.54, 1.807) is 6.92 Å². The molecule has 0 aromatic rings. The van der Waals surface area contributed by atoms with E-state index in [1.165, 1.54) is 11.8 Å². The highest BCUT2D eigenvalue weighted by Gasteiger charge is 2.40. The maximum Gasteiger partial charge on any atom is 0.328 e. The van der Waals surface area contributed by atoms with Gasteiger partial charge in [-0.15, -0.1) is 0 Å². The van der Waals surface area contributed by atoms with E-state index < -0.39 is 59.9 Å². The summed E-state index contributed by atoms with van der Waals surface area (Å²) >= 11 is 0. The molecule has 1 rings (SSSR count). The second-order valence-electron chi connectivity index (χ2n) is 8.17. The zero-order valence-corrected chi connectivity index (χ0v) is 18.6. The lowest BCUT2D eigenvalue weighted by Gasteiger charge is -2.32. The molecule has 1 aliphatic heterocycles. The van der Waals surface area contributed by atoms with Crippen LogP contribution in [0.3, 0.4) is 0 Å². The van der Waals surface area contributed by atoms with Crippen LogP contribution in [0.25, 0.3) is 0 Å². The van der Waals surface area contributed by atoms with E-state index in [-0.39, 0.29) is 25.3 Å². The molecular weight excluding hydrogens is 424 g/mol. The van der Waals surface area contributed by atoms with Crippen molar-refractivity contribution >= 4 is 29.7 Å². The molecule has 3 amide bonds. The van der Waals surface area contributed by atoms with Crippen LogP contribution in [0.1, 0.15) is 52.9 Å². The first-order valence-corrected chi connectivity index (χ1v) is 10.7. The van der Waals surface area contributed by atoms with E-state index >= 15 is 0 Å².